The lowest BCUT2D eigenvalue weighted by molar-refractivity contribution is 0.0178. The molecular weight excluding hydrogens is 170 g/mol. The first kappa shape index (κ1) is 10.9. The second-order valence-corrected chi connectivity index (χ2v) is 4.06. The van der Waals surface area contributed by atoms with Crippen LogP contribution >= 0.6 is 0 Å². The molecule has 1 saturated heterocycles. The zero-order chi connectivity index (χ0) is 9.90. The normalized spacial score (nSPS) is 29.5. The van der Waals surface area contributed by atoms with E-state index in [1.54, 1.807) is 7.11 Å². The van der Waals surface area contributed by atoms with Crippen LogP contribution in [-0.4, -0.2) is 49.7 Å². The fourth-order valence-electron chi connectivity index (χ4n) is 1.19. The molecule has 2 atom stereocenters. The molecule has 0 aliphatic carbocycles. The van der Waals surface area contributed by atoms with Gasteiger partial charge in [-0.2, -0.15) is 0 Å². The number of hydrogen-bond donors (Lipinski definition) is 2. The Labute approximate surface area is 79.2 Å². The Balaban J connectivity index is 2.25. The van der Waals surface area contributed by atoms with Crippen molar-refractivity contribution in [2.45, 2.75) is 31.6 Å². The molecule has 0 aromatic rings. The molecule has 4 nitrogen and oxygen atoms in total. The smallest absolute Gasteiger partial charge is 0.0948 e. The predicted octanol–water partition coefficient (Wildman–Crippen LogP) is -0.239. The average Bonchev–Trinajstić information content (AvgIpc) is 2.48. The van der Waals surface area contributed by atoms with Crippen molar-refractivity contribution in [1.29, 1.82) is 0 Å². The van der Waals surface area contributed by atoms with Gasteiger partial charge in [-0.3, -0.25) is 0 Å². The van der Waals surface area contributed by atoms with Gasteiger partial charge < -0.3 is 19.9 Å². The lowest BCUT2D eigenvalue weighted by atomic mass is 10.1. The Bertz CT molecular complexity index is 161. The van der Waals surface area contributed by atoms with E-state index < -0.39 is 0 Å². The van der Waals surface area contributed by atoms with Crippen molar-refractivity contribution in [2.75, 3.05) is 26.9 Å². The largest absolute Gasteiger partial charge is 0.389 e. The van der Waals surface area contributed by atoms with Gasteiger partial charge in [0.1, 0.15) is 0 Å². The van der Waals surface area contributed by atoms with E-state index in [9.17, 15) is 5.11 Å². The molecule has 0 radical (unpaired) electrons. The molecule has 0 amide bonds. The van der Waals surface area contributed by atoms with Gasteiger partial charge in [-0.25, -0.2) is 0 Å². The summed E-state index contributed by atoms with van der Waals surface area (Å²) in [7, 11) is 1.68. The van der Waals surface area contributed by atoms with Crippen LogP contribution in [0, 0.1) is 0 Å². The molecule has 2 N–H and O–H groups in total. The molecule has 1 fully saturated rings. The minimum atomic E-state index is -0.382. The maximum Gasteiger partial charge on any atom is 0.0948 e. The molecule has 1 heterocycles. The molecule has 0 spiro atoms. The van der Waals surface area contributed by atoms with E-state index in [0.717, 1.165) is 0 Å². The Morgan fingerprint density at radius 1 is 1.54 bits per heavy atom. The van der Waals surface area contributed by atoms with Crippen LogP contribution in [0.2, 0.25) is 0 Å². The van der Waals surface area contributed by atoms with E-state index in [-0.39, 0.29) is 17.7 Å². The molecule has 4 heteroatoms. The number of ether oxygens (including phenoxy) is 2. The molecule has 2 unspecified atom stereocenters. The summed E-state index contributed by atoms with van der Waals surface area (Å²) in [4.78, 5) is 0. The van der Waals surface area contributed by atoms with Gasteiger partial charge in [0.2, 0.25) is 0 Å². The van der Waals surface area contributed by atoms with E-state index in [0.29, 0.717) is 19.8 Å². The van der Waals surface area contributed by atoms with Crippen LogP contribution in [0.3, 0.4) is 0 Å². The summed E-state index contributed by atoms with van der Waals surface area (Å²) in [6.07, 6.45) is -0.382. The maximum absolute atomic E-state index is 9.43. The van der Waals surface area contributed by atoms with Crippen molar-refractivity contribution < 1.29 is 14.6 Å². The van der Waals surface area contributed by atoms with Gasteiger partial charge in [-0.15, -0.1) is 0 Å². The Morgan fingerprint density at radius 3 is 2.69 bits per heavy atom. The third-order valence-corrected chi connectivity index (χ3v) is 2.39. The number of nitrogens with one attached hydrogen (secondary N) is 1. The minimum Gasteiger partial charge on any atom is -0.389 e. The third kappa shape index (κ3) is 3.23. The summed E-state index contributed by atoms with van der Waals surface area (Å²) in [5.41, 5.74) is -0.192. The van der Waals surface area contributed by atoms with Crippen LogP contribution in [0.1, 0.15) is 13.8 Å². The Hall–Kier alpha value is -0.160. The molecule has 0 saturated carbocycles. The predicted molar refractivity (Wildman–Crippen MR) is 49.7 cm³/mol. The average molecular weight is 189 g/mol. The van der Waals surface area contributed by atoms with Gasteiger partial charge in [0.05, 0.1) is 31.0 Å². The molecule has 0 bridgehead atoms. The fourth-order valence-corrected chi connectivity index (χ4v) is 1.19. The first-order chi connectivity index (χ1) is 6.05. The summed E-state index contributed by atoms with van der Waals surface area (Å²) < 4.78 is 10.4. The monoisotopic (exact) mass is 189 g/mol. The second kappa shape index (κ2) is 4.37. The highest BCUT2D eigenvalue weighted by Gasteiger charge is 2.27. The van der Waals surface area contributed by atoms with E-state index in [2.05, 4.69) is 5.32 Å². The SMILES string of the molecule is COC(C)(C)CNC1COCC1O. The lowest BCUT2D eigenvalue weighted by Crippen LogP contribution is -2.46. The Kier molecular flexibility index (Phi) is 3.67. The topological polar surface area (TPSA) is 50.7 Å². The van der Waals surface area contributed by atoms with Gasteiger partial charge in [-0.05, 0) is 13.8 Å². The van der Waals surface area contributed by atoms with Crippen molar-refractivity contribution in [3.05, 3.63) is 0 Å². The van der Waals surface area contributed by atoms with E-state index >= 15 is 0 Å². The van der Waals surface area contributed by atoms with Crippen LogP contribution < -0.4 is 5.32 Å². The standard InChI is InChI=1S/C9H19NO3/c1-9(2,12-3)6-10-7-4-13-5-8(7)11/h7-8,10-11H,4-6H2,1-3H3. The van der Waals surface area contributed by atoms with Crippen molar-refractivity contribution >= 4 is 0 Å². The summed E-state index contributed by atoms with van der Waals surface area (Å²) in [5, 5.41) is 12.7. The van der Waals surface area contributed by atoms with Gasteiger partial charge in [-0.1, -0.05) is 0 Å². The molecule has 1 aliphatic rings. The highest BCUT2D eigenvalue weighted by atomic mass is 16.5. The molecule has 13 heavy (non-hydrogen) atoms. The molecule has 1 rings (SSSR count). The first-order valence-electron chi connectivity index (χ1n) is 4.59. The number of rotatable bonds is 4. The summed E-state index contributed by atoms with van der Waals surface area (Å²) in [5.74, 6) is 0. The third-order valence-electron chi connectivity index (χ3n) is 2.39. The quantitative estimate of drug-likeness (QED) is 0.641. The van der Waals surface area contributed by atoms with Crippen molar-refractivity contribution in [1.82, 2.24) is 5.32 Å². The van der Waals surface area contributed by atoms with E-state index in [1.807, 2.05) is 13.8 Å². The zero-order valence-corrected chi connectivity index (χ0v) is 8.54. The van der Waals surface area contributed by atoms with Gasteiger partial charge >= 0.3 is 0 Å². The van der Waals surface area contributed by atoms with Crippen LogP contribution in [0.4, 0.5) is 0 Å². The van der Waals surface area contributed by atoms with E-state index in [1.165, 1.54) is 0 Å². The molecular formula is C9H19NO3. The van der Waals surface area contributed by atoms with Gasteiger partial charge in [0.25, 0.3) is 0 Å². The number of hydrogen-bond acceptors (Lipinski definition) is 4. The van der Waals surface area contributed by atoms with Crippen molar-refractivity contribution in [3.63, 3.8) is 0 Å². The zero-order valence-electron chi connectivity index (χ0n) is 8.54. The number of methoxy groups -OCH3 is 1. The van der Waals surface area contributed by atoms with Crippen LogP contribution in [0.25, 0.3) is 0 Å². The van der Waals surface area contributed by atoms with Crippen LogP contribution in [0.5, 0.6) is 0 Å². The summed E-state index contributed by atoms with van der Waals surface area (Å²) in [6, 6.07) is 0.0504. The molecule has 78 valence electrons. The Morgan fingerprint density at radius 2 is 2.23 bits per heavy atom. The first-order valence-corrected chi connectivity index (χ1v) is 4.59. The fraction of sp³-hybridized carbons (Fsp3) is 1.00. The number of aliphatic hydroxyl groups is 1. The summed E-state index contributed by atoms with van der Waals surface area (Å²) in [6.45, 7) is 5.74. The maximum atomic E-state index is 9.43. The van der Waals surface area contributed by atoms with Gasteiger partial charge in [0.15, 0.2) is 0 Å². The van der Waals surface area contributed by atoms with Gasteiger partial charge in [0, 0.05) is 13.7 Å². The minimum absolute atomic E-state index is 0.0504. The highest BCUT2D eigenvalue weighted by Crippen LogP contribution is 2.09. The lowest BCUT2D eigenvalue weighted by Gasteiger charge is -2.26. The van der Waals surface area contributed by atoms with E-state index in [4.69, 9.17) is 9.47 Å². The molecule has 0 aromatic heterocycles. The molecule has 0 aromatic carbocycles. The van der Waals surface area contributed by atoms with Crippen LogP contribution in [-0.2, 0) is 9.47 Å². The number of aliphatic hydroxyl groups excluding tert-OH is 1. The second-order valence-electron chi connectivity index (χ2n) is 4.06. The van der Waals surface area contributed by atoms with Crippen LogP contribution in [0.15, 0.2) is 0 Å². The van der Waals surface area contributed by atoms with Crippen molar-refractivity contribution in [2.24, 2.45) is 0 Å². The highest BCUT2D eigenvalue weighted by molar-refractivity contribution is 4.83. The summed E-state index contributed by atoms with van der Waals surface area (Å²) >= 11 is 0. The molecule has 1 aliphatic heterocycles. The van der Waals surface area contributed by atoms with Crippen molar-refractivity contribution in [3.8, 4) is 0 Å².